The van der Waals surface area contributed by atoms with Gasteiger partial charge in [0, 0.05) is 0 Å². The summed E-state index contributed by atoms with van der Waals surface area (Å²) in [5.74, 6) is -7.15. The fraction of sp³-hybridized carbons (Fsp3) is 0.222. The predicted octanol–water partition coefficient (Wildman–Crippen LogP) is 1.74. The normalized spacial score (nSPS) is 12.3. The summed E-state index contributed by atoms with van der Waals surface area (Å²) in [6.07, 6.45) is 0. The molecule has 1 N–H and O–H groups in total. The molecule has 20 heavy (non-hydrogen) atoms. The Morgan fingerprint density at radius 1 is 1.20 bits per heavy atom. The minimum atomic E-state index is -5.82. The van der Waals surface area contributed by atoms with E-state index in [1.54, 1.807) is 0 Å². The highest BCUT2D eigenvalue weighted by molar-refractivity contribution is 7.86. The zero-order valence-corrected chi connectivity index (χ0v) is 10.1. The number of benzene rings is 1. The van der Waals surface area contributed by atoms with Crippen LogP contribution in [0.4, 0.5) is 22.0 Å². The molecule has 0 unspecified atom stereocenters. The van der Waals surface area contributed by atoms with Crippen LogP contribution in [0, 0.1) is 17.5 Å². The third kappa shape index (κ3) is 3.42. The van der Waals surface area contributed by atoms with E-state index in [1.165, 1.54) is 0 Å². The maximum atomic E-state index is 12.8. The highest BCUT2D eigenvalue weighted by Crippen LogP contribution is 2.21. The van der Waals surface area contributed by atoms with Gasteiger partial charge in [-0.1, -0.05) is 0 Å². The van der Waals surface area contributed by atoms with Gasteiger partial charge in [0.05, 0.1) is 5.56 Å². The molecule has 0 heterocycles. The summed E-state index contributed by atoms with van der Waals surface area (Å²) in [7, 11) is -5.82. The van der Waals surface area contributed by atoms with Gasteiger partial charge in [0.2, 0.25) is 0 Å². The summed E-state index contributed by atoms with van der Waals surface area (Å²) in [5, 5.41) is -4.79. The smallest absolute Gasteiger partial charge is 0.402 e. The Bertz CT molecular complexity index is 619. The molecule has 0 radical (unpaired) electrons. The molecule has 0 saturated carbocycles. The molecular weight excluding hydrogens is 315 g/mol. The van der Waals surface area contributed by atoms with Crippen molar-refractivity contribution in [1.29, 1.82) is 0 Å². The lowest BCUT2D eigenvalue weighted by atomic mass is 10.2. The lowest BCUT2D eigenvalue weighted by Gasteiger charge is -2.13. The fourth-order valence-electron chi connectivity index (χ4n) is 0.981. The number of carbonyl (C=O) groups is 1. The van der Waals surface area contributed by atoms with E-state index in [-0.39, 0.29) is 12.1 Å². The van der Waals surface area contributed by atoms with Gasteiger partial charge in [0.1, 0.15) is 0 Å². The molecule has 0 spiro atoms. The molecule has 1 rings (SSSR count). The second-order valence-electron chi connectivity index (χ2n) is 3.44. The van der Waals surface area contributed by atoms with Crippen molar-refractivity contribution >= 4 is 16.1 Å². The quantitative estimate of drug-likeness (QED) is 0.396. The van der Waals surface area contributed by atoms with Crippen molar-refractivity contribution in [2.45, 2.75) is 5.25 Å². The summed E-state index contributed by atoms with van der Waals surface area (Å²) in [5.41, 5.74) is -0.951. The van der Waals surface area contributed by atoms with Crippen LogP contribution < -0.4 is 0 Å². The minimum Gasteiger partial charge on any atom is -0.454 e. The molecule has 0 saturated heterocycles. The van der Waals surface area contributed by atoms with Gasteiger partial charge in [-0.05, 0) is 12.1 Å². The largest absolute Gasteiger partial charge is 0.454 e. The van der Waals surface area contributed by atoms with Crippen LogP contribution in [0.1, 0.15) is 10.4 Å². The molecule has 0 aliphatic carbocycles. The van der Waals surface area contributed by atoms with E-state index in [4.69, 9.17) is 4.55 Å². The molecule has 0 amide bonds. The van der Waals surface area contributed by atoms with Crippen molar-refractivity contribution < 1.29 is 44.5 Å². The van der Waals surface area contributed by atoms with Crippen LogP contribution in [0.3, 0.4) is 0 Å². The number of hydrogen-bond donors (Lipinski definition) is 1. The zero-order chi connectivity index (χ0) is 15.7. The van der Waals surface area contributed by atoms with E-state index in [9.17, 15) is 35.2 Å². The van der Waals surface area contributed by atoms with Gasteiger partial charge in [-0.15, -0.1) is 0 Å². The number of alkyl halides is 2. The Morgan fingerprint density at radius 3 is 2.05 bits per heavy atom. The molecule has 0 aliphatic rings. The number of hydrogen-bond acceptors (Lipinski definition) is 4. The van der Waals surface area contributed by atoms with Crippen LogP contribution in [0.25, 0.3) is 0 Å². The fourth-order valence-corrected chi connectivity index (χ4v) is 1.19. The van der Waals surface area contributed by atoms with E-state index in [0.29, 0.717) is 0 Å². The summed E-state index contributed by atoms with van der Waals surface area (Å²) in [6, 6.07) is 0.346. The number of carbonyl (C=O) groups excluding carboxylic acids is 1. The van der Waals surface area contributed by atoms with E-state index >= 15 is 0 Å². The maximum Gasteiger partial charge on any atom is 0.402 e. The summed E-state index contributed by atoms with van der Waals surface area (Å²) in [4.78, 5) is 11.1. The van der Waals surface area contributed by atoms with Crippen molar-refractivity contribution in [3.05, 3.63) is 35.1 Å². The minimum absolute atomic E-state index is 0.173. The van der Waals surface area contributed by atoms with Crippen molar-refractivity contribution in [2.75, 3.05) is 6.61 Å². The van der Waals surface area contributed by atoms with Crippen LogP contribution in [-0.4, -0.2) is 30.8 Å². The molecule has 1 aromatic carbocycles. The molecule has 5 nitrogen and oxygen atoms in total. The van der Waals surface area contributed by atoms with Crippen LogP contribution >= 0.6 is 0 Å². The van der Waals surface area contributed by atoms with Crippen LogP contribution in [0.5, 0.6) is 0 Å². The first-order chi connectivity index (χ1) is 8.95. The van der Waals surface area contributed by atoms with E-state index in [2.05, 4.69) is 4.74 Å². The van der Waals surface area contributed by atoms with Crippen molar-refractivity contribution in [3.8, 4) is 0 Å². The average molecular weight is 320 g/mol. The topological polar surface area (TPSA) is 80.7 Å². The highest BCUT2D eigenvalue weighted by Gasteiger charge is 2.45. The SMILES string of the molecule is O=C(OCC(F)(F)S(=O)(=O)O)c1cc(F)c(F)c(F)c1. The molecule has 0 fully saturated rings. The monoisotopic (exact) mass is 320 g/mol. The van der Waals surface area contributed by atoms with Gasteiger partial charge in [-0.25, -0.2) is 18.0 Å². The second kappa shape index (κ2) is 5.32. The number of rotatable bonds is 4. The molecule has 0 atom stereocenters. The Balaban J connectivity index is 2.89. The van der Waals surface area contributed by atoms with Gasteiger partial charge in [0.25, 0.3) is 0 Å². The summed E-state index contributed by atoms with van der Waals surface area (Å²) in [6.45, 7) is -2.08. The van der Waals surface area contributed by atoms with Gasteiger partial charge < -0.3 is 4.74 Å². The Hall–Kier alpha value is -1.75. The first-order valence-electron chi connectivity index (χ1n) is 4.62. The predicted molar refractivity (Wildman–Crippen MR) is 53.1 cm³/mol. The van der Waals surface area contributed by atoms with Crippen LogP contribution in [0.2, 0.25) is 0 Å². The molecule has 1 aromatic rings. The van der Waals surface area contributed by atoms with Crippen LogP contribution in [-0.2, 0) is 14.9 Å². The van der Waals surface area contributed by atoms with Gasteiger partial charge in [-0.2, -0.15) is 17.2 Å². The van der Waals surface area contributed by atoms with Crippen molar-refractivity contribution in [2.24, 2.45) is 0 Å². The third-order valence-electron chi connectivity index (χ3n) is 1.97. The molecule has 0 aromatic heterocycles. The Morgan fingerprint density at radius 2 is 1.65 bits per heavy atom. The summed E-state index contributed by atoms with van der Waals surface area (Å²) < 4.78 is 95.8. The van der Waals surface area contributed by atoms with E-state index < -0.39 is 51.0 Å². The Labute approximate surface area is 108 Å². The van der Waals surface area contributed by atoms with Crippen molar-refractivity contribution in [3.63, 3.8) is 0 Å². The van der Waals surface area contributed by atoms with E-state index in [1.807, 2.05) is 0 Å². The molecule has 0 aliphatic heterocycles. The lowest BCUT2D eigenvalue weighted by molar-refractivity contribution is -0.00956. The zero-order valence-electron chi connectivity index (χ0n) is 9.24. The highest BCUT2D eigenvalue weighted by atomic mass is 32.2. The van der Waals surface area contributed by atoms with Gasteiger partial charge in [0.15, 0.2) is 24.1 Å². The van der Waals surface area contributed by atoms with Gasteiger partial charge >= 0.3 is 21.3 Å². The molecule has 11 heteroatoms. The second-order valence-corrected chi connectivity index (χ2v) is 4.99. The Kier molecular flexibility index (Phi) is 4.34. The number of halogens is 5. The standard InChI is InChI=1S/C9H5F5O5S/c10-5-1-4(2-6(11)7(5)12)8(15)19-3-9(13,14)20(16,17)18/h1-2H,3H2,(H,16,17,18). The first kappa shape index (κ1) is 16.3. The number of ether oxygens (including phenoxy) is 1. The average Bonchev–Trinajstić information content (AvgIpc) is 2.31. The molecular formula is C9H5F5O5S. The summed E-state index contributed by atoms with van der Waals surface area (Å²) >= 11 is 0. The van der Waals surface area contributed by atoms with E-state index in [0.717, 1.165) is 0 Å². The maximum absolute atomic E-state index is 12.8. The first-order valence-corrected chi connectivity index (χ1v) is 6.06. The molecule has 112 valence electrons. The third-order valence-corrected chi connectivity index (χ3v) is 2.84. The molecule has 0 bridgehead atoms. The number of esters is 1. The van der Waals surface area contributed by atoms with Crippen LogP contribution in [0.15, 0.2) is 12.1 Å². The lowest BCUT2D eigenvalue weighted by Crippen LogP contribution is -2.34. The van der Waals surface area contributed by atoms with Gasteiger partial charge in [-0.3, -0.25) is 4.55 Å². The van der Waals surface area contributed by atoms with Crippen molar-refractivity contribution in [1.82, 2.24) is 0 Å².